The van der Waals surface area contributed by atoms with Crippen LogP contribution in [-0.2, 0) is 6.42 Å². The Labute approximate surface area is 112 Å². The third kappa shape index (κ3) is 3.61. The summed E-state index contributed by atoms with van der Waals surface area (Å²) in [5.41, 5.74) is 1.63. The maximum Gasteiger partial charge on any atom is 0.127 e. The minimum absolute atomic E-state index is 0.100. The predicted molar refractivity (Wildman–Crippen MR) is 72.9 cm³/mol. The Morgan fingerprint density at radius 3 is 2.32 bits per heavy atom. The van der Waals surface area contributed by atoms with Crippen molar-refractivity contribution in [3.05, 3.63) is 71.3 Å². The average Bonchev–Trinajstić information content (AvgIpc) is 2.41. The molecule has 1 nitrogen and oxygen atoms in total. The van der Waals surface area contributed by atoms with Crippen molar-refractivity contribution in [2.24, 2.45) is 0 Å². The maximum absolute atomic E-state index is 13.8. The van der Waals surface area contributed by atoms with E-state index in [0.29, 0.717) is 12.0 Å². The Morgan fingerprint density at radius 1 is 1.00 bits per heavy atom. The third-order valence-corrected chi connectivity index (χ3v) is 3.08. The molecule has 0 aliphatic rings. The van der Waals surface area contributed by atoms with Crippen LogP contribution in [-0.4, -0.2) is 6.54 Å². The van der Waals surface area contributed by atoms with E-state index in [2.05, 4.69) is 5.32 Å². The van der Waals surface area contributed by atoms with E-state index in [1.54, 1.807) is 24.3 Å². The van der Waals surface area contributed by atoms with E-state index in [4.69, 9.17) is 0 Å². The van der Waals surface area contributed by atoms with Gasteiger partial charge in [0.25, 0.3) is 0 Å². The number of hydrogen-bond donors (Lipinski definition) is 1. The summed E-state index contributed by atoms with van der Waals surface area (Å²) in [7, 11) is 0. The van der Waals surface area contributed by atoms with Gasteiger partial charge in [-0.2, -0.15) is 0 Å². The molecule has 19 heavy (non-hydrogen) atoms. The minimum atomic E-state index is -0.255. The van der Waals surface area contributed by atoms with Gasteiger partial charge in [0, 0.05) is 11.6 Å². The van der Waals surface area contributed by atoms with Crippen LogP contribution >= 0.6 is 0 Å². The summed E-state index contributed by atoms with van der Waals surface area (Å²) in [6, 6.07) is 13.0. The molecule has 2 aromatic carbocycles. The molecular weight excluding hydrogens is 244 g/mol. The molecule has 0 heterocycles. The lowest BCUT2D eigenvalue weighted by atomic mass is 9.98. The number of hydrogen-bond acceptors (Lipinski definition) is 1. The smallest absolute Gasteiger partial charge is 0.127 e. The fraction of sp³-hybridized carbons (Fsp3) is 0.250. The van der Waals surface area contributed by atoms with Crippen molar-refractivity contribution in [1.29, 1.82) is 0 Å². The Balaban J connectivity index is 2.21. The molecule has 0 spiro atoms. The molecule has 2 aromatic rings. The lowest BCUT2D eigenvalue weighted by molar-refractivity contribution is 0.509. The van der Waals surface area contributed by atoms with Crippen LogP contribution in [0.1, 0.15) is 24.1 Å². The van der Waals surface area contributed by atoms with Gasteiger partial charge in [0.15, 0.2) is 0 Å². The van der Waals surface area contributed by atoms with Gasteiger partial charge >= 0.3 is 0 Å². The van der Waals surface area contributed by atoms with Crippen molar-refractivity contribution in [2.45, 2.75) is 19.4 Å². The molecule has 0 saturated carbocycles. The van der Waals surface area contributed by atoms with Crippen LogP contribution in [0.15, 0.2) is 48.5 Å². The van der Waals surface area contributed by atoms with Crippen LogP contribution in [0.4, 0.5) is 8.78 Å². The maximum atomic E-state index is 13.8. The van der Waals surface area contributed by atoms with Gasteiger partial charge in [-0.25, -0.2) is 8.78 Å². The van der Waals surface area contributed by atoms with E-state index in [1.807, 2.05) is 13.0 Å². The fourth-order valence-corrected chi connectivity index (χ4v) is 2.15. The van der Waals surface area contributed by atoms with Gasteiger partial charge in [0.05, 0.1) is 0 Å². The second-order valence-electron chi connectivity index (χ2n) is 4.46. The van der Waals surface area contributed by atoms with Crippen LogP contribution in [0.5, 0.6) is 0 Å². The molecule has 1 unspecified atom stereocenters. The first kappa shape index (κ1) is 13.7. The summed E-state index contributed by atoms with van der Waals surface area (Å²) in [6.07, 6.45) is 0.634. The van der Waals surface area contributed by atoms with Crippen LogP contribution < -0.4 is 5.32 Å². The van der Waals surface area contributed by atoms with Crippen molar-refractivity contribution in [1.82, 2.24) is 5.32 Å². The average molecular weight is 261 g/mol. The summed E-state index contributed by atoms with van der Waals surface area (Å²) in [5.74, 6) is -0.467. The molecule has 0 aromatic heterocycles. The summed E-state index contributed by atoms with van der Waals surface area (Å²) < 4.78 is 26.7. The highest BCUT2D eigenvalue weighted by Gasteiger charge is 2.14. The first-order valence-electron chi connectivity index (χ1n) is 6.43. The van der Waals surface area contributed by atoms with Crippen molar-refractivity contribution in [2.75, 3.05) is 6.54 Å². The van der Waals surface area contributed by atoms with Crippen molar-refractivity contribution >= 4 is 0 Å². The molecule has 100 valence electrons. The molecule has 0 saturated heterocycles. The van der Waals surface area contributed by atoms with Gasteiger partial charge in [0.1, 0.15) is 11.6 Å². The van der Waals surface area contributed by atoms with Gasteiger partial charge in [-0.15, -0.1) is 0 Å². The molecule has 3 heteroatoms. The molecule has 0 radical (unpaired) electrons. The number of rotatable bonds is 5. The molecule has 0 aliphatic heterocycles. The zero-order chi connectivity index (χ0) is 13.7. The molecular formula is C16H17F2N. The standard InChI is InChI=1S/C16H17F2N/c1-2-19-16(14-5-3-4-6-15(14)18)11-12-7-9-13(17)10-8-12/h3-10,16,19H,2,11H2,1H3. The highest BCUT2D eigenvalue weighted by molar-refractivity contribution is 5.25. The van der Waals surface area contributed by atoms with Gasteiger partial charge in [0.2, 0.25) is 0 Å². The topological polar surface area (TPSA) is 12.0 Å². The predicted octanol–water partition coefficient (Wildman–Crippen LogP) is 3.86. The Hall–Kier alpha value is -1.74. The Morgan fingerprint density at radius 2 is 1.68 bits per heavy atom. The van der Waals surface area contributed by atoms with Crippen LogP contribution in [0.2, 0.25) is 0 Å². The third-order valence-electron chi connectivity index (χ3n) is 3.08. The Kier molecular flexibility index (Phi) is 4.63. The van der Waals surface area contributed by atoms with E-state index in [9.17, 15) is 8.78 Å². The van der Waals surface area contributed by atoms with Crippen LogP contribution in [0.25, 0.3) is 0 Å². The summed E-state index contributed by atoms with van der Waals surface area (Å²) in [6.45, 7) is 2.73. The number of nitrogens with one attached hydrogen (secondary N) is 1. The van der Waals surface area contributed by atoms with Crippen molar-refractivity contribution in [3.8, 4) is 0 Å². The quantitative estimate of drug-likeness (QED) is 0.861. The number of benzene rings is 2. The number of likely N-dealkylation sites (N-methyl/N-ethyl adjacent to an activating group) is 1. The van der Waals surface area contributed by atoms with E-state index in [-0.39, 0.29) is 17.7 Å². The van der Waals surface area contributed by atoms with E-state index < -0.39 is 0 Å². The van der Waals surface area contributed by atoms with E-state index >= 15 is 0 Å². The highest BCUT2D eigenvalue weighted by atomic mass is 19.1. The van der Waals surface area contributed by atoms with E-state index in [0.717, 1.165) is 12.1 Å². The molecule has 0 amide bonds. The minimum Gasteiger partial charge on any atom is -0.310 e. The second kappa shape index (κ2) is 6.43. The normalized spacial score (nSPS) is 12.4. The first-order valence-corrected chi connectivity index (χ1v) is 6.43. The fourth-order valence-electron chi connectivity index (χ4n) is 2.15. The largest absolute Gasteiger partial charge is 0.310 e. The molecule has 1 atom stereocenters. The van der Waals surface area contributed by atoms with Crippen molar-refractivity contribution < 1.29 is 8.78 Å². The molecule has 2 rings (SSSR count). The van der Waals surface area contributed by atoms with Gasteiger partial charge in [-0.05, 0) is 36.7 Å². The zero-order valence-electron chi connectivity index (χ0n) is 10.9. The molecule has 0 aliphatic carbocycles. The van der Waals surface area contributed by atoms with Crippen LogP contribution in [0, 0.1) is 11.6 Å². The summed E-state index contributed by atoms with van der Waals surface area (Å²) >= 11 is 0. The number of halogens is 2. The molecule has 0 fully saturated rings. The lowest BCUT2D eigenvalue weighted by Crippen LogP contribution is -2.23. The Bertz CT molecular complexity index is 523. The SMILES string of the molecule is CCNC(Cc1ccc(F)cc1)c1ccccc1F. The summed E-state index contributed by atoms with van der Waals surface area (Å²) in [5, 5.41) is 3.27. The molecule has 0 bridgehead atoms. The monoisotopic (exact) mass is 261 g/mol. The van der Waals surface area contributed by atoms with Gasteiger partial charge < -0.3 is 5.32 Å². The zero-order valence-corrected chi connectivity index (χ0v) is 10.9. The highest BCUT2D eigenvalue weighted by Crippen LogP contribution is 2.21. The summed E-state index contributed by atoms with van der Waals surface area (Å²) in [4.78, 5) is 0. The molecule has 1 N–H and O–H groups in total. The van der Waals surface area contributed by atoms with E-state index in [1.165, 1.54) is 18.2 Å². The van der Waals surface area contributed by atoms with Gasteiger partial charge in [-0.3, -0.25) is 0 Å². The van der Waals surface area contributed by atoms with Crippen LogP contribution in [0.3, 0.4) is 0 Å². The van der Waals surface area contributed by atoms with Crippen molar-refractivity contribution in [3.63, 3.8) is 0 Å². The lowest BCUT2D eigenvalue weighted by Gasteiger charge is -2.19. The van der Waals surface area contributed by atoms with Gasteiger partial charge in [-0.1, -0.05) is 37.3 Å². The first-order chi connectivity index (χ1) is 9.20. The second-order valence-corrected chi connectivity index (χ2v) is 4.46.